The predicted molar refractivity (Wildman–Crippen MR) is 72.3 cm³/mol. The van der Waals surface area contributed by atoms with Crippen LogP contribution in [-0.2, 0) is 0 Å². The van der Waals surface area contributed by atoms with Crippen LogP contribution >= 0.6 is 0 Å². The molecule has 2 N–H and O–H groups in total. The lowest BCUT2D eigenvalue weighted by Gasteiger charge is -2.21. The van der Waals surface area contributed by atoms with E-state index in [9.17, 15) is 0 Å². The number of aliphatic imine (C=N–C) groups is 1. The third-order valence-electron chi connectivity index (χ3n) is 3.02. The summed E-state index contributed by atoms with van der Waals surface area (Å²) in [6.45, 7) is 4.09. The van der Waals surface area contributed by atoms with Gasteiger partial charge >= 0.3 is 0 Å². The van der Waals surface area contributed by atoms with E-state index in [2.05, 4.69) is 21.5 Å². The lowest BCUT2D eigenvalue weighted by atomic mass is 9.93. The van der Waals surface area contributed by atoms with E-state index in [1.165, 1.54) is 6.33 Å². The van der Waals surface area contributed by atoms with Crippen molar-refractivity contribution in [3.05, 3.63) is 60.1 Å². The molecule has 2 aromatic rings. The van der Waals surface area contributed by atoms with E-state index in [1.54, 1.807) is 6.21 Å². The van der Waals surface area contributed by atoms with Crippen molar-refractivity contribution in [2.24, 2.45) is 4.99 Å². The monoisotopic (exact) mass is 236 g/mol. The van der Waals surface area contributed by atoms with Crippen molar-refractivity contribution in [2.75, 3.05) is 5.73 Å². The van der Waals surface area contributed by atoms with Crippen LogP contribution < -0.4 is 5.73 Å². The van der Waals surface area contributed by atoms with Crippen molar-refractivity contribution in [1.82, 2.24) is 9.97 Å². The van der Waals surface area contributed by atoms with E-state index >= 15 is 0 Å². The number of benzene rings is 1. The Morgan fingerprint density at radius 3 is 2.67 bits per heavy atom. The van der Waals surface area contributed by atoms with Crippen molar-refractivity contribution in [3.63, 3.8) is 0 Å². The SMILES string of the molecule is C=C1c2ncnc(N)c2C=NC1c1ccccc1. The van der Waals surface area contributed by atoms with E-state index in [1.807, 2.05) is 30.3 Å². The average molecular weight is 236 g/mol. The first kappa shape index (κ1) is 10.7. The zero-order valence-electron chi connectivity index (χ0n) is 9.74. The summed E-state index contributed by atoms with van der Waals surface area (Å²) in [5.74, 6) is 0.441. The van der Waals surface area contributed by atoms with Gasteiger partial charge in [-0.25, -0.2) is 9.97 Å². The number of nitrogens with zero attached hydrogens (tertiary/aromatic N) is 3. The Bertz CT molecular complexity index is 631. The highest BCUT2D eigenvalue weighted by molar-refractivity contribution is 5.95. The van der Waals surface area contributed by atoms with Gasteiger partial charge < -0.3 is 5.73 Å². The zero-order valence-corrected chi connectivity index (χ0v) is 9.74. The second-order valence-electron chi connectivity index (χ2n) is 4.14. The normalized spacial score (nSPS) is 17.6. The van der Waals surface area contributed by atoms with E-state index in [0.717, 1.165) is 22.4 Å². The molecule has 2 heterocycles. The molecular weight excluding hydrogens is 224 g/mol. The number of anilines is 1. The maximum atomic E-state index is 5.80. The number of hydrogen-bond donors (Lipinski definition) is 1. The number of fused-ring (bicyclic) bond motifs is 1. The number of nitrogens with two attached hydrogens (primary N) is 1. The number of aromatic nitrogens is 2. The van der Waals surface area contributed by atoms with Gasteiger partial charge in [0.05, 0.1) is 11.3 Å². The molecule has 3 rings (SSSR count). The minimum absolute atomic E-state index is 0.0898. The highest BCUT2D eigenvalue weighted by atomic mass is 14.9. The Morgan fingerprint density at radius 2 is 1.89 bits per heavy atom. The highest BCUT2D eigenvalue weighted by Gasteiger charge is 2.23. The van der Waals surface area contributed by atoms with Crippen LogP contribution in [0.25, 0.3) is 5.57 Å². The molecule has 0 spiro atoms. The molecule has 0 radical (unpaired) electrons. The molecule has 1 unspecified atom stereocenters. The van der Waals surface area contributed by atoms with Gasteiger partial charge in [0, 0.05) is 11.8 Å². The van der Waals surface area contributed by atoms with Crippen LogP contribution in [0.4, 0.5) is 5.82 Å². The molecule has 1 aromatic carbocycles. The van der Waals surface area contributed by atoms with Gasteiger partial charge in [-0.3, -0.25) is 4.99 Å². The first-order chi connectivity index (χ1) is 8.77. The van der Waals surface area contributed by atoms with Gasteiger partial charge in [0.15, 0.2) is 0 Å². The van der Waals surface area contributed by atoms with Crippen LogP contribution in [0.1, 0.15) is 22.9 Å². The van der Waals surface area contributed by atoms with E-state index in [-0.39, 0.29) is 6.04 Å². The lowest BCUT2D eigenvalue weighted by Crippen LogP contribution is -2.12. The topological polar surface area (TPSA) is 64.2 Å². The molecule has 0 saturated carbocycles. The van der Waals surface area contributed by atoms with Gasteiger partial charge in [0.25, 0.3) is 0 Å². The molecule has 0 saturated heterocycles. The molecule has 4 nitrogen and oxygen atoms in total. The fraction of sp³-hybridized carbons (Fsp3) is 0.0714. The Hall–Kier alpha value is -2.49. The van der Waals surface area contributed by atoms with Gasteiger partial charge in [0.1, 0.15) is 18.2 Å². The molecule has 4 heteroatoms. The van der Waals surface area contributed by atoms with Gasteiger partial charge in [-0.15, -0.1) is 0 Å². The van der Waals surface area contributed by atoms with Crippen LogP contribution in [-0.4, -0.2) is 16.2 Å². The number of hydrogen-bond acceptors (Lipinski definition) is 4. The van der Waals surface area contributed by atoms with Crippen molar-refractivity contribution >= 4 is 17.6 Å². The lowest BCUT2D eigenvalue weighted by molar-refractivity contribution is 0.915. The fourth-order valence-electron chi connectivity index (χ4n) is 2.08. The van der Waals surface area contributed by atoms with Crippen LogP contribution in [0.2, 0.25) is 0 Å². The summed E-state index contributed by atoms with van der Waals surface area (Å²) in [5.41, 5.74) is 9.30. The smallest absolute Gasteiger partial charge is 0.136 e. The summed E-state index contributed by atoms with van der Waals surface area (Å²) < 4.78 is 0. The standard InChI is InChI=1S/C14H12N4/c1-9-12(10-5-3-2-4-6-10)16-7-11-13(9)17-8-18-14(11)15/h2-8,12H,1H2,(H2,15,17,18). The fourth-order valence-corrected chi connectivity index (χ4v) is 2.08. The largest absolute Gasteiger partial charge is 0.383 e. The van der Waals surface area contributed by atoms with Crippen LogP contribution in [0.15, 0.2) is 48.2 Å². The van der Waals surface area contributed by atoms with Crippen molar-refractivity contribution in [3.8, 4) is 0 Å². The predicted octanol–water partition coefficient (Wildman–Crippen LogP) is 2.25. The quantitative estimate of drug-likeness (QED) is 0.825. The first-order valence-corrected chi connectivity index (χ1v) is 5.65. The third-order valence-corrected chi connectivity index (χ3v) is 3.02. The van der Waals surface area contributed by atoms with Crippen molar-refractivity contribution < 1.29 is 0 Å². The summed E-state index contributed by atoms with van der Waals surface area (Å²) in [5, 5.41) is 0. The molecule has 1 aromatic heterocycles. The molecule has 0 amide bonds. The molecule has 1 aliphatic rings. The van der Waals surface area contributed by atoms with Crippen LogP contribution in [0.5, 0.6) is 0 Å². The van der Waals surface area contributed by atoms with Gasteiger partial charge in [-0.05, 0) is 5.56 Å². The third kappa shape index (κ3) is 1.59. The van der Waals surface area contributed by atoms with Gasteiger partial charge in [0.2, 0.25) is 0 Å². The first-order valence-electron chi connectivity index (χ1n) is 5.65. The van der Waals surface area contributed by atoms with E-state index in [4.69, 9.17) is 5.73 Å². The molecule has 0 aliphatic carbocycles. The molecule has 0 fully saturated rings. The molecule has 88 valence electrons. The minimum atomic E-state index is -0.0898. The summed E-state index contributed by atoms with van der Waals surface area (Å²) in [7, 11) is 0. The van der Waals surface area contributed by atoms with Crippen LogP contribution in [0, 0.1) is 0 Å². The maximum absolute atomic E-state index is 5.80. The number of rotatable bonds is 1. The van der Waals surface area contributed by atoms with E-state index < -0.39 is 0 Å². The Morgan fingerprint density at radius 1 is 1.11 bits per heavy atom. The highest BCUT2D eigenvalue weighted by Crippen LogP contribution is 2.35. The number of nitrogen functional groups attached to an aromatic ring is 1. The van der Waals surface area contributed by atoms with Gasteiger partial charge in [-0.1, -0.05) is 36.9 Å². The Balaban J connectivity index is 2.09. The minimum Gasteiger partial charge on any atom is -0.383 e. The Kier molecular flexibility index (Phi) is 2.41. The maximum Gasteiger partial charge on any atom is 0.136 e. The van der Waals surface area contributed by atoms with Crippen molar-refractivity contribution in [1.29, 1.82) is 0 Å². The average Bonchev–Trinajstić information content (AvgIpc) is 2.41. The van der Waals surface area contributed by atoms with Crippen molar-refractivity contribution in [2.45, 2.75) is 6.04 Å². The molecular formula is C14H12N4. The summed E-state index contributed by atoms with van der Waals surface area (Å²) in [6.07, 6.45) is 3.19. The zero-order chi connectivity index (χ0) is 12.5. The molecule has 1 atom stereocenters. The molecule has 18 heavy (non-hydrogen) atoms. The van der Waals surface area contributed by atoms with Crippen LogP contribution in [0.3, 0.4) is 0 Å². The summed E-state index contributed by atoms with van der Waals surface area (Å²) in [6, 6.07) is 9.93. The molecule has 0 bridgehead atoms. The van der Waals surface area contributed by atoms with E-state index in [0.29, 0.717) is 5.82 Å². The molecule has 1 aliphatic heterocycles. The Labute approximate surface area is 105 Å². The second kappa shape index (κ2) is 4.07. The van der Waals surface area contributed by atoms with Gasteiger partial charge in [-0.2, -0.15) is 0 Å². The summed E-state index contributed by atoms with van der Waals surface area (Å²) in [4.78, 5) is 12.7. The second-order valence-corrected chi connectivity index (χ2v) is 4.14. The summed E-state index contributed by atoms with van der Waals surface area (Å²) >= 11 is 0.